The summed E-state index contributed by atoms with van der Waals surface area (Å²) in [5, 5.41) is 0. The highest BCUT2D eigenvalue weighted by Crippen LogP contribution is 2.17. The molecule has 0 aliphatic carbocycles. The van der Waals surface area contributed by atoms with Gasteiger partial charge >= 0.3 is 0 Å². The van der Waals surface area contributed by atoms with E-state index in [2.05, 4.69) is 26.8 Å². The molecule has 1 aromatic rings. The lowest BCUT2D eigenvalue weighted by Gasteiger charge is -1.95. The highest BCUT2D eigenvalue weighted by Gasteiger charge is 2.03. The largest absolute Gasteiger partial charge is 0.469 e. The number of aryl methyl sites for hydroxylation is 1. The molecular weight excluding hydrogens is 124 g/mol. The molecule has 0 spiro atoms. The van der Waals surface area contributed by atoms with Crippen LogP contribution in [-0.4, -0.2) is 0 Å². The van der Waals surface area contributed by atoms with E-state index in [1.165, 1.54) is 5.56 Å². The number of hydrogen-bond donors (Lipinski definition) is 0. The van der Waals surface area contributed by atoms with Gasteiger partial charge in [-0.2, -0.15) is 0 Å². The van der Waals surface area contributed by atoms with E-state index in [-0.39, 0.29) is 0 Å². The fourth-order valence-electron chi connectivity index (χ4n) is 0.883. The zero-order valence-electron chi connectivity index (χ0n) is 6.85. The number of furan rings is 1. The molecule has 0 fully saturated rings. The minimum absolute atomic E-state index is 0.514. The van der Waals surface area contributed by atoms with Gasteiger partial charge in [-0.3, -0.25) is 0 Å². The van der Waals surface area contributed by atoms with E-state index in [0.717, 1.165) is 12.2 Å². The molecule has 0 amide bonds. The summed E-state index contributed by atoms with van der Waals surface area (Å²) in [6.45, 7) is 6.41. The number of hydrogen-bond acceptors (Lipinski definition) is 1. The van der Waals surface area contributed by atoms with Crippen LogP contribution in [0.1, 0.15) is 38.0 Å². The Morgan fingerprint density at radius 3 is 2.50 bits per heavy atom. The van der Waals surface area contributed by atoms with Crippen LogP contribution in [0.5, 0.6) is 0 Å². The molecule has 0 aliphatic rings. The first-order valence-corrected chi connectivity index (χ1v) is 3.81. The summed E-state index contributed by atoms with van der Waals surface area (Å²) in [5.41, 5.74) is 1.30. The van der Waals surface area contributed by atoms with E-state index in [1.54, 1.807) is 0 Å². The SMILES string of the molecule is CCc1coc(C(C)C)c1. The lowest BCUT2D eigenvalue weighted by atomic mass is 10.1. The molecule has 0 saturated carbocycles. The van der Waals surface area contributed by atoms with Gasteiger partial charge in [0.05, 0.1) is 6.26 Å². The van der Waals surface area contributed by atoms with Gasteiger partial charge in [-0.15, -0.1) is 0 Å². The van der Waals surface area contributed by atoms with Crippen LogP contribution in [0.3, 0.4) is 0 Å². The zero-order valence-corrected chi connectivity index (χ0v) is 6.85. The van der Waals surface area contributed by atoms with Gasteiger partial charge in [0.15, 0.2) is 0 Å². The van der Waals surface area contributed by atoms with Gasteiger partial charge in [0.25, 0.3) is 0 Å². The summed E-state index contributed by atoms with van der Waals surface area (Å²) in [6.07, 6.45) is 2.91. The zero-order chi connectivity index (χ0) is 7.56. The summed E-state index contributed by atoms with van der Waals surface area (Å²) in [6, 6.07) is 2.13. The van der Waals surface area contributed by atoms with Crippen molar-refractivity contribution in [3.8, 4) is 0 Å². The van der Waals surface area contributed by atoms with Crippen molar-refractivity contribution in [1.29, 1.82) is 0 Å². The van der Waals surface area contributed by atoms with Crippen molar-refractivity contribution in [1.82, 2.24) is 0 Å². The molecule has 0 radical (unpaired) electrons. The van der Waals surface area contributed by atoms with E-state index in [9.17, 15) is 0 Å². The van der Waals surface area contributed by atoms with Gasteiger partial charge in [-0.25, -0.2) is 0 Å². The molecule has 1 nitrogen and oxygen atoms in total. The Balaban J connectivity index is 2.78. The maximum atomic E-state index is 5.32. The maximum absolute atomic E-state index is 5.32. The maximum Gasteiger partial charge on any atom is 0.106 e. The molecule has 1 aromatic heterocycles. The molecule has 1 heteroatoms. The molecule has 56 valence electrons. The van der Waals surface area contributed by atoms with Gasteiger partial charge < -0.3 is 4.42 Å². The molecule has 0 bridgehead atoms. The molecule has 0 aromatic carbocycles. The third kappa shape index (κ3) is 1.41. The minimum atomic E-state index is 0.514. The van der Waals surface area contributed by atoms with Crippen LogP contribution in [0.25, 0.3) is 0 Å². The van der Waals surface area contributed by atoms with Gasteiger partial charge in [0, 0.05) is 5.92 Å². The van der Waals surface area contributed by atoms with Crippen LogP contribution in [0.15, 0.2) is 16.7 Å². The molecule has 0 saturated heterocycles. The molecule has 1 heterocycles. The first-order valence-electron chi connectivity index (χ1n) is 3.81. The van der Waals surface area contributed by atoms with E-state index in [0.29, 0.717) is 5.92 Å². The summed E-state index contributed by atoms with van der Waals surface area (Å²) >= 11 is 0. The third-order valence-corrected chi connectivity index (χ3v) is 1.65. The Hall–Kier alpha value is -0.720. The predicted molar refractivity (Wildman–Crippen MR) is 42.2 cm³/mol. The normalized spacial score (nSPS) is 10.8. The van der Waals surface area contributed by atoms with Crippen LogP contribution >= 0.6 is 0 Å². The molecular formula is C9H14O. The topological polar surface area (TPSA) is 13.1 Å². The molecule has 10 heavy (non-hydrogen) atoms. The van der Waals surface area contributed by atoms with Gasteiger partial charge in [0.2, 0.25) is 0 Å². The summed E-state index contributed by atoms with van der Waals surface area (Å²) in [4.78, 5) is 0. The van der Waals surface area contributed by atoms with Crippen LogP contribution in [-0.2, 0) is 6.42 Å². The van der Waals surface area contributed by atoms with Gasteiger partial charge in [0.1, 0.15) is 5.76 Å². The second-order valence-electron chi connectivity index (χ2n) is 2.87. The van der Waals surface area contributed by atoms with E-state index in [4.69, 9.17) is 4.42 Å². The van der Waals surface area contributed by atoms with E-state index >= 15 is 0 Å². The quantitative estimate of drug-likeness (QED) is 0.612. The lowest BCUT2D eigenvalue weighted by Crippen LogP contribution is -1.80. The van der Waals surface area contributed by atoms with Crippen molar-refractivity contribution in [2.75, 3.05) is 0 Å². The van der Waals surface area contributed by atoms with Gasteiger partial charge in [-0.05, 0) is 18.1 Å². The monoisotopic (exact) mass is 138 g/mol. The highest BCUT2D eigenvalue weighted by atomic mass is 16.3. The summed E-state index contributed by atoms with van der Waals surface area (Å²) in [7, 11) is 0. The summed E-state index contributed by atoms with van der Waals surface area (Å²) in [5.74, 6) is 1.61. The summed E-state index contributed by atoms with van der Waals surface area (Å²) < 4.78 is 5.32. The van der Waals surface area contributed by atoms with E-state index in [1.807, 2.05) is 6.26 Å². The third-order valence-electron chi connectivity index (χ3n) is 1.65. The van der Waals surface area contributed by atoms with Crippen molar-refractivity contribution in [2.45, 2.75) is 33.1 Å². The Kier molecular flexibility index (Phi) is 2.15. The lowest BCUT2D eigenvalue weighted by molar-refractivity contribution is 0.485. The van der Waals surface area contributed by atoms with Crippen LogP contribution in [0, 0.1) is 0 Å². The Morgan fingerprint density at radius 2 is 2.20 bits per heavy atom. The first kappa shape index (κ1) is 7.39. The second kappa shape index (κ2) is 2.91. The Bertz CT molecular complexity index is 198. The van der Waals surface area contributed by atoms with Crippen molar-refractivity contribution in [2.24, 2.45) is 0 Å². The van der Waals surface area contributed by atoms with Crippen LogP contribution < -0.4 is 0 Å². The molecule has 0 N–H and O–H groups in total. The fourth-order valence-corrected chi connectivity index (χ4v) is 0.883. The van der Waals surface area contributed by atoms with Crippen LogP contribution in [0.2, 0.25) is 0 Å². The van der Waals surface area contributed by atoms with Gasteiger partial charge in [-0.1, -0.05) is 20.8 Å². The van der Waals surface area contributed by atoms with Crippen molar-refractivity contribution < 1.29 is 4.42 Å². The van der Waals surface area contributed by atoms with Crippen molar-refractivity contribution in [3.05, 3.63) is 23.7 Å². The second-order valence-corrected chi connectivity index (χ2v) is 2.87. The van der Waals surface area contributed by atoms with E-state index < -0.39 is 0 Å². The standard InChI is InChI=1S/C9H14O/c1-4-8-5-9(7(2)3)10-6-8/h5-7H,4H2,1-3H3. The Labute approximate surface area is 62.1 Å². The van der Waals surface area contributed by atoms with Crippen molar-refractivity contribution >= 4 is 0 Å². The van der Waals surface area contributed by atoms with Crippen LogP contribution in [0.4, 0.5) is 0 Å². The molecule has 0 aliphatic heterocycles. The Morgan fingerprint density at radius 1 is 1.50 bits per heavy atom. The number of rotatable bonds is 2. The highest BCUT2D eigenvalue weighted by molar-refractivity contribution is 5.14. The molecule has 0 atom stereocenters. The first-order chi connectivity index (χ1) is 4.74. The molecule has 0 unspecified atom stereocenters. The smallest absolute Gasteiger partial charge is 0.106 e. The average molecular weight is 138 g/mol. The predicted octanol–water partition coefficient (Wildman–Crippen LogP) is 2.97. The fraction of sp³-hybridized carbons (Fsp3) is 0.556. The average Bonchev–Trinajstić information content (AvgIpc) is 2.34. The van der Waals surface area contributed by atoms with Crippen molar-refractivity contribution in [3.63, 3.8) is 0 Å². The minimum Gasteiger partial charge on any atom is -0.469 e. The molecule has 1 rings (SSSR count).